The second kappa shape index (κ2) is 11.8. The first-order valence-corrected chi connectivity index (χ1v) is 11.6. The summed E-state index contributed by atoms with van der Waals surface area (Å²) in [4.78, 5) is 37.6. The zero-order chi connectivity index (χ0) is 27.3. The molecule has 3 N–H and O–H groups in total. The predicted octanol–water partition coefficient (Wildman–Crippen LogP) is 1.81. The van der Waals surface area contributed by atoms with E-state index in [1.807, 2.05) is 0 Å². The van der Waals surface area contributed by atoms with Gasteiger partial charge in [0.05, 0.1) is 0 Å². The van der Waals surface area contributed by atoms with Gasteiger partial charge in [-0.05, 0) is 62.4 Å². The molecule has 10 nitrogen and oxygen atoms in total. The van der Waals surface area contributed by atoms with Crippen LogP contribution < -0.4 is 4.74 Å². The Morgan fingerprint density at radius 1 is 0.973 bits per heavy atom. The summed E-state index contributed by atoms with van der Waals surface area (Å²) < 4.78 is 20.9. The van der Waals surface area contributed by atoms with E-state index < -0.39 is 48.2 Å². The number of ketones is 1. The highest BCUT2D eigenvalue weighted by Crippen LogP contribution is 2.27. The van der Waals surface area contributed by atoms with Gasteiger partial charge in [0, 0.05) is 16.1 Å². The monoisotopic (exact) mass is 534 g/mol. The second-order valence-corrected chi connectivity index (χ2v) is 9.13. The van der Waals surface area contributed by atoms with Gasteiger partial charge in [-0.1, -0.05) is 24.3 Å². The van der Waals surface area contributed by atoms with Crippen molar-refractivity contribution in [2.24, 2.45) is 0 Å². The van der Waals surface area contributed by atoms with Crippen molar-refractivity contribution >= 4 is 29.3 Å². The molecular weight excluding hydrogens is 508 g/mol. The molecule has 0 aliphatic carbocycles. The third-order valence-electron chi connectivity index (χ3n) is 5.46. The first-order chi connectivity index (χ1) is 17.4. The molecule has 1 fully saturated rings. The normalized spacial score (nSPS) is 23.6. The van der Waals surface area contributed by atoms with Crippen LogP contribution in [0.2, 0.25) is 5.02 Å². The van der Waals surface area contributed by atoms with E-state index in [1.54, 1.807) is 24.3 Å². The summed E-state index contributed by atoms with van der Waals surface area (Å²) >= 11 is 5.86. The van der Waals surface area contributed by atoms with Gasteiger partial charge in [0.2, 0.25) is 6.29 Å². The third-order valence-corrected chi connectivity index (χ3v) is 5.71. The van der Waals surface area contributed by atoms with Crippen LogP contribution in [0, 0.1) is 0 Å². The van der Waals surface area contributed by atoms with E-state index in [-0.39, 0.29) is 18.1 Å². The van der Waals surface area contributed by atoms with Gasteiger partial charge in [-0.15, -0.1) is 0 Å². The highest BCUT2D eigenvalue weighted by atomic mass is 35.5. The molecule has 0 saturated carbocycles. The molecule has 1 aliphatic heterocycles. The van der Waals surface area contributed by atoms with E-state index in [0.717, 1.165) is 0 Å². The van der Waals surface area contributed by atoms with E-state index in [9.17, 15) is 29.7 Å². The number of aliphatic hydroxyl groups is 3. The highest BCUT2D eigenvalue weighted by Gasteiger charge is 2.50. The SMILES string of the molecule is C=CCOC(=O)[C@H]1O[C@@H](OC(=O)C(C)(C)Oc2ccc(C(=O)c3ccc(Cl)cc3)cc2)[C@H](O)[C@@H](O)[C@@H]1O. The van der Waals surface area contributed by atoms with E-state index in [0.29, 0.717) is 16.1 Å². The minimum atomic E-state index is -1.86. The van der Waals surface area contributed by atoms with Gasteiger partial charge in [0.25, 0.3) is 0 Å². The first-order valence-electron chi connectivity index (χ1n) is 11.2. The van der Waals surface area contributed by atoms with Gasteiger partial charge >= 0.3 is 11.9 Å². The molecule has 2 aromatic rings. The van der Waals surface area contributed by atoms with Crippen molar-refractivity contribution in [3.8, 4) is 5.75 Å². The lowest BCUT2D eigenvalue weighted by molar-refractivity contribution is -0.290. The van der Waals surface area contributed by atoms with Crippen LogP contribution in [0.4, 0.5) is 0 Å². The molecule has 5 atom stereocenters. The molecule has 0 amide bonds. The van der Waals surface area contributed by atoms with E-state index in [2.05, 4.69) is 6.58 Å². The van der Waals surface area contributed by atoms with Crippen molar-refractivity contribution in [3.63, 3.8) is 0 Å². The van der Waals surface area contributed by atoms with Crippen molar-refractivity contribution in [2.45, 2.75) is 50.2 Å². The van der Waals surface area contributed by atoms with Crippen molar-refractivity contribution in [1.29, 1.82) is 0 Å². The largest absolute Gasteiger partial charge is 0.476 e. The molecule has 0 aromatic heterocycles. The standard InChI is InChI=1S/C26H27ClO10/c1-4-13-34-23(32)22-20(30)19(29)21(31)24(35-22)36-25(33)26(2,3)37-17-11-7-15(8-12-17)18(28)14-5-9-16(27)10-6-14/h4-12,19-22,24,29-31H,1,13H2,2-3H3/t19-,20-,21+,22-,24-/m0/s1. The molecule has 1 aliphatic rings. The Balaban J connectivity index is 1.66. The quantitative estimate of drug-likeness (QED) is 0.247. The lowest BCUT2D eigenvalue weighted by Crippen LogP contribution is -2.61. The molecule has 198 valence electrons. The number of carbonyl (C=O) groups is 3. The molecular formula is C26H27ClO10. The summed E-state index contributed by atoms with van der Waals surface area (Å²) in [5.41, 5.74) is -0.785. The van der Waals surface area contributed by atoms with Crippen LogP contribution in [0.15, 0.2) is 61.2 Å². The number of aliphatic hydroxyl groups excluding tert-OH is 3. The van der Waals surface area contributed by atoms with Gasteiger partial charge in [-0.25, -0.2) is 9.59 Å². The predicted molar refractivity (Wildman–Crippen MR) is 130 cm³/mol. The maximum absolute atomic E-state index is 12.8. The van der Waals surface area contributed by atoms with Gasteiger partial charge in [0.15, 0.2) is 17.5 Å². The Kier molecular flexibility index (Phi) is 9.06. The Morgan fingerprint density at radius 3 is 2.11 bits per heavy atom. The Morgan fingerprint density at radius 2 is 1.54 bits per heavy atom. The number of benzene rings is 2. The summed E-state index contributed by atoms with van der Waals surface area (Å²) in [6.07, 6.45) is -7.75. The van der Waals surface area contributed by atoms with Crippen LogP contribution in [0.1, 0.15) is 29.8 Å². The van der Waals surface area contributed by atoms with Crippen LogP contribution in [-0.2, 0) is 23.8 Å². The summed E-state index contributed by atoms with van der Waals surface area (Å²) in [5.74, 6) is -2.03. The molecule has 0 radical (unpaired) electrons. The van der Waals surface area contributed by atoms with E-state index in [1.165, 1.54) is 44.2 Å². The number of esters is 2. The van der Waals surface area contributed by atoms with Crippen LogP contribution >= 0.6 is 11.6 Å². The minimum Gasteiger partial charge on any atom is -0.476 e. The van der Waals surface area contributed by atoms with E-state index in [4.69, 9.17) is 30.5 Å². The van der Waals surface area contributed by atoms with Gasteiger partial charge in [-0.3, -0.25) is 4.79 Å². The molecule has 0 bridgehead atoms. The number of ether oxygens (including phenoxy) is 4. The molecule has 2 aromatic carbocycles. The lowest BCUT2D eigenvalue weighted by Gasteiger charge is -2.39. The van der Waals surface area contributed by atoms with Gasteiger partial charge in [0.1, 0.15) is 30.7 Å². The van der Waals surface area contributed by atoms with Gasteiger partial charge in [-0.2, -0.15) is 0 Å². The first kappa shape index (κ1) is 28.3. The summed E-state index contributed by atoms with van der Waals surface area (Å²) in [5, 5.41) is 30.9. The molecule has 0 unspecified atom stereocenters. The zero-order valence-electron chi connectivity index (χ0n) is 20.1. The molecule has 3 rings (SSSR count). The van der Waals surface area contributed by atoms with Crippen molar-refractivity contribution in [1.82, 2.24) is 0 Å². The topological polar surface area (TPSA) is 149 Å². The second-order valence-electron chi connectivity index (χ2n) is 8.69. The van der Waals surface area contributed by atoms with E-state index >= 15 is 0 Å². The summed E-state index contributed by atoms with van der Waals surface area (Å²) in [7, 11) is 0. The molecule has 0 spiro atoms. The molecule has 1 heterocycles. The van der Waals surface area contributed by atoms with Crippen LogP contribution in [0.25, 0.3) is 0 Å². The Labute approximate surface area is 218 Å². The average Bonchev–Trinajstić information content (AvgIpc) is 2.87. The fraction of sp³-hybridized carbons (Fsp3) is 0.346. The van der Waals surface area contributed by atoms with Crippen LogP contribution in [0.5, 0.6) is 5.75 Å². The van der Waals surface area contributed by atoms with Crippen molar-refractivity contribution in [2.75, 3.05) is 6.61 Å². The molecule has 1 saturated heterocycles. The Bertz CT molecular complexity index is 1130. The fourth-order valence-corrected chi connectivity index (χ4v) is 3.52. The van der Waals surface area contributed by atoms with Gasteiger partial charge < -0.3 is 34.3 Å². The number of hydrogen-bond acceptors (Lipinski definition) is 10. The number of halogens is 1. The number of hydrogen-bond donors (Lipinski definition) is 3. The minimum absolute atomic E-state index is 0.181. The molecule has 37 heavy (non-hydrogen) atoms. The maximum atomic E-state index is 12.8. The smallest absolute Gasteiger partial charge is 0.352 e. The third kappa shape index (κ3) is 6.73. The summed E-state index contributed by atoms with van der Waals surface area (Å²) in [6, 6.07) is 12.5. The summed E-state index contributed by atoms with van der Waals surface area (Å²) in [6.45, 7) is 5.99. The van der Waals surface area contributed by atoms with Crippen LogP contribution in [0.3, 0.4) is 0 Å². The fourth-order valence-electron chi connectivity index (χ4n) is 3.39. The Hall–Kier alpha value is -3.28. The molecule has 11 heteroatoms. The number of rotatable bonds is 9. The van der Waals surface area contributed by atoms with Crippen LogP contribution in [-0.4, -0.2) is 76.0 Å². The van der Waals surface area contributed by atoms with Crippen molar-refractivity contribution in [3.05, 3.63) is 77.3 Å². The number of carbonyl (C=O) groups excluding carboxylic acids is 3. The highest BCUT2D eigenvalue weighted by molar-refractivity contribution is 6.30. The lowest BCUT2D eigenvalue weighted by atomic mass is 9.99. The zero-order valence-corrected chi connectivity index (χ0v) is 20.8. The van der Waals surface area contributed by atoms with Crippen molar-refractivity contribution < 1.29 is 48.7 Å². The average molecular weight is 535 g/mol. The maximum Gasteiger partial charge on any atom is 0.352 e.